The molecule has 7 rings (SSSR count). The van der Waals surface area contributed by atoms with Crippen molar-refractivity contribution in [2.75, 3.05) is 17.3 Å². The summed E-state index contributed by atoms with van der Waals surface area (Å²) < 4.78 is 7.85. The molecule has 0 unspecified atom stereocenters. The van der Waals surface area contributed by atoms with Crippen LogP contribution in [0.25, 0.3) is 5.69 Å². The molecule has 3 heterocycles. The summed E-state index contributed by atoms with van der Waals surface area (Å²) in [6, 6.07) is 34.8. The summed E-state index contributed by atoms with van der Waals surface area (Å²) in [5.74, 6) is 2.99. The number of para-hydroxylation sites is 4. The number of nitrogens with one attached hydrogen (secondary N) is 1. The van der Waals surface area contributed by atoms with Gasteiger partial charge in [0, 0.05) is 16.8 Å². The number of aliphatic imine (C=N–C) groups is 2. The Labute approximate surface area is 239 Å². The van der Waals surface area contributed by atoms with E-state index in [-0.39, 0.29) is 6.04 Å². The predicted molar refractivity (Wildman–Crippen MR) is 166 cm³/mol. The monoisotopic (exact) mass is 538 g/mol. The first-order valence-corrected chi connectivity index (χ1v) is 13.9. The molecule has 41 heavy (non-hydrogen) atoms. The zero-order valence-corrected chi connectivity index (χ0v) is 23.2. The van der Waals surface area contributed by atoms with Crippen molar-refractivity contribution in [1.82, 2.24) is 9.78 Å². The molecule has 7 nitrogen and oxygen atoms in total. The molecule has 4 aromatic carbocycles. The molecule has 1 aromatic heterocycles. The number of aromatic nitrogens is 2. The zero-order chi connectivity index (χ0) is 27.9. The Kier molecular flexibility index (Phi) is 6.12. The van der Waals surface area contributed by atoms with E-state index in [0.717, 1.165) is 63.4 Å². The molecule has 1 N–H and O–H groups in total. The number of hydrogen-bond donors (Lipinski definition) is 1. The summed E-state index contributed by atoms with van der Waals surface area (Å²) >= 11 is 0. The minimum atomic E-state index is -0.248. The lowest BCUT2D eigenvalue weighted by molar-refractivity contribution is 0.407. The highest BCUT2D eigenvalue weighted by Crippen LogP contribution is 2.49. The van der Waals surface area contributed by atoms with Gasteiger partial charge in [-0.2, -0.15) is 5.10 Å². The van der Waals surface area contributed by atoms with Crippen LogP contribution in [0.1, 0.15) is 35.3 Å². The number of rotatable bonds is 5. The van der Waals surface area contributed by atoms with Crippen molar-refractivity contribution in [3.05, 3.63) is 126 Å². The van der Waals surface area contributed by atoms with E-state index in [0.29, 0.717) is 5.84 Å². The number of fused-ring (bicyclic) bond motifs is 4. The number of hydrogen-bond acceptors (Lipinski definition) is 6. The maximum absolute atomic E-state index is 5.92. The second-order valence-corrected chi connectivity index (χ2v) is 10.1. The minimum absolute atomic E-state index is 0.248. The second kappa shape index (κ2) is 10.1. The van der Waals surface area contributed by atoms with Gasteiger partial charge >= 0.3 is 0 Å². The van der Waals surface area contributed by atoms with Crippen molar-refractivity contribution in [3.8, 4) is 11.4 Å². The quantitative estimate of drug-likeness (QED) is 0.251. The molecule has 0 saturated heterocycles. The predicted octanol–water partition coefficient (Wildman–Crippen LogP) is 7.55. The van der Waals surface area contributed by atoms with Gasteiger partial charge in [-0.3, -0.25) is 0 Å². The van der Waals surface area contributed by atoms with Crippen LogP contribution in [0.2, 0.25) is 0 Å². The van der Waals surface area contributed by atoms with Crippen molar-refractivity contribution in [1.29, 1.82) is 0 Å². The summed E-state index contributed by atoms with van der Waals surface area (Å²) in [5, 5.41) is 8.60. The third kappa shape index (κ3) is 4.17. The van der Waals surface area contributed by atoms with E-state index >= 15 is 0 Å². The molecule has 0 amide bonds. The van der Waals surface area contributed by atoms with E-state index in [4.69, 9.17) is 19.8 Å². The summed E-state index contributed by atoms with van der Waals surface area (Å²) in [7, 11) is 1.72. The molecule has 2 aliphatic rings. The van der Waals surface area contributed by atoms with Crippen LogP contribution in [0.4, 0.5) is 22.9 Å². The molecule has 202 valence electrons. The fraction of sp³-hybridized carbons (Fsp3) is 0.147. The molecular weight excluding hydrogens is 508 g/mol. The fourth-order valence-electron chi connectivity index (χ4n) is 5.69. The summed E-state index contributed by atoms with van der Waals surface area (Å²) in [4.78, 5) is 12.7. The van der Waals surface area contributed by atoms with Gasteiger partial charge in [0.2, 0.25) is 0 Å². The molecule has 0 saturated carbocycles. The highest BCUT2D eigenvalue weighted by Gasteiger charge is 2.42. The number of benzene rings is 4. The van der Waals surface area contributed by atoms with Crippen LogP contribution in [0.5, 0.6) is 5.75 Å². The van der Waals surface area contributed by atoms with Gasteiger partial charge in [0.1, 0.15) is 5.75 Å². The van der Waals surface area contributed by atoms with Crippen LogP contribution in [0.3, 0.4) is 0 Å². The van der Waals surface area contributed by atoms with Gasteiger partial charge in [-0.1, -0.05) is 67.6 Å². The molecule has 7 heteroatoms. The summed E-state index contributed by atoms with van der Waals surface area (Å²) in [6.45, 7) is 4.21. The SMILES string of the molecule is CCc1ccc(NC2=Nc3ccccc3N3C2=Nc2c(c(C)nn2-c2ccccc2)[C@@H]3c2ccccc2OC)cc1. The van der Waals surface area contributed by atoms with Gasteiger partial charge in [0.05, 0.1) is 35.9 Å². The minimum Gasteiger partial charge on any atom is -0.496 e. The van der Waals surface area contributed by atoms with Gasteiger partial charge in [-0.25, -0.2) is 14.7 Å². The fourth-order valence-corrected chi connectivity index (χ4v) is 5.69. The largest absolute Gasteiger partial charge is 0.496 e. The average Bonchev–Trinajstić information content (AvgIpc) is 3.36. The summed E-state index contributed by atoms with van der Waals surface area (Å²) in [6.07, 6.45) is 0.987. The number of nitrogens with zero attached hydrogens (tertiary/aromatic N) is 5. The number of methoxy groups -OCH3 is 1. The maximum atomic E-state index is 5.92. The van der Waals surface area contributed by atoms with Crippen LogP contribution >= 0.6 is 0 Å². The molecule has 0 spiro atoms. The Morgan fingerprint density at radius 3 is 2.34 bits per heavy atom. The maximum Gasteiger partial charge on any atom is 0.179 e. The van der Waals surface area contributed by atoms with E-state index in [2.05, 4.69) is 78.7 Å². The third-order valence-electron chi connectivity index (χ3n) is 7.70. The highest BCUT2D eigenvalue weighted by molar-refractivity contribution is 6.51. The smallest absolute Gasteiger partial charge is 0.179 e. The number of aryl methyl sites for hydroxylation is 2. The van der Waals surface area contributed by atoms with Gasteiger partial charge in [0.25, 0.3) is 0 Å². The van der Waals surface area contributed by atoms with E-state index < -0.39 is 0 Å². The van der Waals surface area contributed by atoms with Gasteiger partial charge < -0.3 is 15.0 Å². The van der Waals surface area contributed by atoms with Crippen molar-refractivity contribution in [3.63, 3.8) is 0 Å². The van der Waals surface area contributed by atoms with Gasteiger partial charge in [0.15, 0.2) is 17.5 Å². The van der Waals surface area contributed by atoms with E-state index in [9.17, 15) is 0 Å². The van der Waals surface area contributed by atoms with Gasteiger partial charge in [-0.05, 0) is 61.4 Å². The first kappa shape index (κ1) is 24.8. The highest BCUT2D eigenvalue weighted by atomic mass is 16.5. The standard InChI is InChI=1S/C34H30N6O/c1-4-23-18-20-24(21-19-23)35-32-34-37-33-30(22(2)38-40(33)25-12-6-5-7-13-25)31(26-14-8-11-17-29(26)41-3)39(34)28-16-10-9-15-27(28)36-32/h5-21,31H,4H2,1-3H3,(H,35,36)/t31-/m0/s1. The lowest BCUT2D eigenvalue weighted by Gasteiger charge is -2.41. The van der Waals surface area contributed by atoms with Crippen LogP contribution in [-0.2, 0) is 6.42 Å². The first-order valence-electron chi connectivity index (χ1n) is 13.9. The molecule has 5 aromatic rings. The Balaban J connectivity index is 1.49. The molecule has 0 fully saturated rings. The van der Waals surface area contributed by atoms with Crippen molar-refractivity contribution in [2.45, 2.75) is 26.3 Å². The van der Waals surface area contributed by atoms with Crippen LogP contribution in [-0.4, -0.2) is 28.6 Å². The topological polar surface area (TPSA) is 67.0 Å². The van der Waals surface area contributed by atoms with Crippen molar-refractivity contribution >= 4 is 34.6 Å². The van der Waals surface area contributed by atoms with Crippen molar-refractivity contribution in [2.24, 2.45) is 9.98 Å². The molecule has 0 radical (unpaired) electrons. The van der Waals surface area contributed by atoms with Crippen LogP contribution in [0, 0.1) is 6.92 Å². The Hall–Kier alpha value is -5.17. The zero-order valence-electron chi connectivity index (χ0n) is 23.2. The Morgan fingerprint density at radius 2 is 1.56 bits per heavy atom. The molecule has 2 aliphatic heterocycles. The lowest BCUT2D eigenvalue weighted by Crippen LogP contribution is -2.46. The Bertz CT molecular complexity index is 1800. The normalized spacial score (nSPS) is 15.3. The number of anilines is 2. The molecule has 0 bridgehead atoms. The molecule has 1 atom stereocenters. The van der Waals surface area contributed by atoms with Crippen molar-refractivity contribution < 1.29 is 4.74 Å². The first-order chi connectivity index (χ1) is 20.2. The molecular formula is C34H30N6O. The summed E-state index contributed by atoms with van der Waals surface area (Å²) in [5.41, 5.74) is 8.01. The number of amidine groups is 2. The third-order valence-corrected chi connectivity index (χ3v) is 7.70. The van der Waals surface area contributed by atoms with E-state index in [1.165, 1.54) is 5.56 Å². The Morgan fingerprint density at radius 1 is 0.829 bits per heavy atom. The van der Waals surface area contributed by atoms with E-state index in [1.54, 1.807) is 7.11 Å². The second-order valence-electron chi connectivity index (χ2n) is 10.1. The molecule has 0 aliphatic carbocycles. The van der Waals surface area contributed by atoms with E-state index in [1.807, 2.05) is 53.2 Å². The van der Waals surface area contributed by atoms with Gasteiger partial charge in [-0.15, -0.1) is 0 Å². The average molecular weight is 539 g/mol. The number of ether oxygens (including phenoxy) is 1. The van der Waals surface area contributed by atoms with Crippen LogP contribution in [0.15, 0.2) is 113 Å². The van der Waals surface area contributed by atoms with Crippen LogP contribution < -0.4 is 15.0 Å². The lowest BCUT2D eigenvalue weighted by atomic mass is 9.92.